The number of rotatable bonds is 1. The standard InChI is InChI=1S/C14H12F3N3O3/c1-7-3-4-8(9(21)5-7)12(18)20-11(22)6-10(14(15,16)17)19(2)13(20)23/h3-6,18,21H,1-2H3. The van der Waals surface area contributed by atoms with Crippen molar-refractivity contribution in [1.82, 2.24) is 9.13 Å². The SMILES string of the molecule is Cc1ccc(C(=N)n2c(=O)cc(C(F)(F)F)n(C)c2=O)c(O)c1. The topological polar surface area (TPSA) is 88.1 Å². The normalized spacial score (nSPS) is 11.5. The highest BCUT2D eigenvalue weighted by molar-refractivity contribution is 6.00. The fourth-order valence-corrected chi connectivity index (χ4v) is 2.07. The van der Waals surface area contributed by atoms with Gasteiger partial charge >= 0.3 is 11.9 Å². The van der Waals surface area contributed by atoms with Gasteiger partial charge in [-0.3, -0.25) is 14.8 Å². The van der Waals surface area contributed by atoms with Crippen molar-refractivity contribution in [3.63, 3.8) is 0 Å². The molecule has 1 heterocycles. The molecular weight excluding hydrogens is 315 g/mol. The molecule has 0 aliphatic rings. The number of nitrogens with zero attached hydrogens (tertiary/aromatic N) is 2. The lowest BCUT2D eigenvalue weighted by Crippen LogP contribution is -2.45. The van der Waals surface area contributed by atoms with Crippen molar-refractivity contribution in [2.45, 2.75) is 13.1 Å². The van der Waals surface area contributed by atoms with Crippen molar-refractivity contribution in [3.8, 4) is 5.75 Å². The first-order valence-corrected chi connectivity index (χ1v) is 6.33. The van der Waals surface area contributed by atoms with Crippen LogP contribution in [-0.4, -0.2) is 20.1 Å². The van der Waals surface area contributed by atoms with Gasteiger partial charge in [-0.05, 0) is 24.6 Å². The Morgan fingerprint density at radius 2 is 1.83 bits per heavy atom. The maximum atomic E-state index is 12.8. The van der Waals surface area contributed by atoms with Crippen molar-refractivity contribution in [2.75, 3.05) is 0 Å². The summed E-state index contributed by atoms with van der Waals surface area (Å²) in [6.07, 6.45) is -4.87. The monoisotopic (exact) mass is 327 g/mol. The zero-order valence-electron chi connectivity index (χ0n) is 12.1. The molecule has 0 atom stereocenters. The van der Waals surface area contributed by atoms with Crippen LogP contribution in [-0.2, 0) is 13.2 Å². The maximum Gasteiger partial charge on any atom is 0.431 e. The van der Waals surface area contributed by atoms with Gasteiger partial charge in [-0.1, -0.05) is 6.07 Å². The average Bonchev–Trinajstić information content (AvgIpc) is 2.41. The van der Waals surface area contributed by atoms with Gasteiger partial charge in [0.1, 0.15) is 17.3 Å². The molecule has 0 unspecified atom stereocenters. The average molecular weight is 327 g/mol. The van der Waals surface area contributed by atoms with Crippen LogP contribution in [0.25, 0.3) is 0 Å². The molecular formula is C14H12F3N3O3. The number of benzene rings is 1. The molecule has 0 bridgehead atoms. The molecule has 0 radical (unpaired) electrons. The first kappa shape index (κ1) is 16.5. The summed E-state index contributed by atoms with van der Waals surface area (Å²) in [4.78, 5) is 23.9. The zero-order chi connectivity index (χ0) is 17.5. The quantitative estimate of drug-likeness (QED) is 0.614. The van der Waals surface area contributed by atoms with Crippen LogP contribution in [0, 0.1) is 12.3 Å². The highest BCUT2D eigenvalue weighted by atomic mass is 19.4. The van der Waals surface area contributed by atoms with E-state index in [0.29, 0.717) is 5.56 Å². The fraction of sp³-hybridized carbons (Fsp3) is 0.214. The van der Waals surface area contributed by atoms with E-state index in [1.807, 2.05) is 0 Å². The summed E-state index contributed by atoms with van der Waals surface area (Å²) in [6.45, 7) is 1.68. The number of hydrogen-bond donors (Lipinski definition) is 2. The number of nitrogens with one attached hydrogen (secondary N) is 1. The van der Waals surface area contributed by atoms with Crippen molar-refractivity contribution in [3.05, 3.63) is 61.9 Å². The second-order valence-electron chi connectivity index (χ2n) is 4.91. The van der Waals surface area contributed by atoms with E-state index < -0.39 is 29.0 Å². The van der Waals surface area contributed by atoms with Crippen LogP contribution in [0.4, 0.5) is 13.2 Å². The molecule has 0 saturated heterocycles. The number of aromatic hydroxyl groups is 1. The number of alkyl halides is 3. The summed E-state index contributed by atoms with van der Waals surface area (Å²) < 4.78 is 38.8. The zero-order valence-corrected chi connectivity index (χ0v) is 12.1. The summed E-state index contributed by atoms with van der Waals surface area (Å²) >= 11 is 0. The van der Waals surface area contributed by atoms with E-state index in [4.69, 9.17) is 5.41 Å². The van der Waals surface area contributed by atoms with Gasteiger partial charge in [0.25, 0.3) is 5.56 Å². The Labute approximate surface area is 127 Å². The Morgan fingerprint density at radius 1 is 1.22 bits per heavy atom. The van der Waals surface area contributed by atoms with E-state index in [9.17, 15) is 27.9 Å². The first-order valence-electron chi connectivity index (χ1n) is 6.33. The first-order chi connectivity index (χ1) is 10.5. The van der Waals surface area contributed by atoms with Crippen LogP contribution in [0.2, 0.25) is 0 Å². The van der Waals surface area contributed by atoms with E-state index in [1.165, 1.54) is 18.2 Å². The van der Waals surface area contributed by atoms with Gasteiger partial charge in [0.2, 0.25) is 0 Å². The van der Waals surface area contributed by atoms with Crippen LogP contribution in [0.3, 0.4) is 0 Å². The predicted molar refractivity (Wildman–Crippen MR) is 76.0 cm³/mol. The lowest BCUT2D eigenvalue weighted by molar-refractivity contribution is -0.144. The van der Waals surface area contributed by atoms with Gasteiger partial charge in [0, 0.05) is 13.1 Å². The molecule has 23 heavy (non-hydrogen) atoms. The number of aryl methyl sites for hydroxylation is 1. The van der Waals surface area contributed by atoms with E-state index in [-0.39, 0.29) is 26.5 Å². The van der Waals surface area contributed by atoms with Crippen molar-refractivity contribution in [1.29, 1.82) is 5.41 Å². The molecule has 0 fully saturated rings. The Bertz CT molecular complexity index is 910. The molecule has 9 heteroatoms. The molecule has 6 nitrogen and oxygen atoms in total. The molecule has 122 valence electrons. The van der Waals surface area contributed by atoms with Crippen LogP contribution >= 0.6 is 0 Å². The predicted octanol–water partition coefficient (Wildman–Crippen LogP) is 1.45. The van der Waals surface area contributed by atoms with Crippen LogP contribution < -0.4 is 11.2 Å². The van der Waals surface area contributed by atoms with Crippen molar-refractivity contribution >= 4 is 5.84 Å². The molecule has 1 aromatic carbocycles. The Hall–Kier alpha value is -2.84. The Morgan fingerprint density at radius 3 is 2.35 bits per heavy atom. The van der Waals surface area contributed by atoms with Crippen LogP contribution in [0.15, 0.2) is 33.9 Å². The van der Waals surface area contributed by atoms with E-state index >= 15 is 0 Å². The third-order valence-corrected chi connectivity index (χ3v) is 3.24. The fourth-order valence-electron chi connectivity index (χ4n) is 2.07. The number of aromatic nitrogens is 2. The number of halogens is 3. The molecule has 1 aromatic heterocycles. The van der Waals surface area contributed by atoms with E-state index in [0.717, 1.165) is 7.05 Å². The Balaban J connectivity index is 2.70. The van der Waals surface area contributed by atoms with E-state index in [2.05, 4.69) is 0 Å². The molecule has 2 aromatic rings. The molecule has 0 amide bonds. The number of hydrogen-bond acceptors (Lipinski definition) is 4. The second kappa shape index (κ2) is 5.41. The number of phenolic OH excluding ortho intramolecular Hbond substituents is 1. The largest absolute Gasteiger partial charge is 0.507 e. The molecule has 2 rings (SSSR count). The minimum atomic E-state index is -4.87. The van der Waals surface area contributed by atoms with Gasteiger partial charge in [-0.25, -0.2) is 9.36 Å². The minimum Gasteiger partial charge on any atom is -0.507 e. The van der Waals surface area contributed by atoms with Crippen molar-refractivity contribution < 1.29 is 18.3 Å². The minimum absolute atomic E-state index is 0.144. The van der Waals surface area contributed by atoms with Crippen molar-refractivity contribution in [2.24, 2.45) is 7.05 Å². The number of phenols is 1. The van der Waals surface area contributed by atoms with Crippen LogP contribution in [0.5, 0.6) is 5.75 Å². The van der Waals surface area contributed by atoms with Gasteiger partial charge in [-0.2, -0.15) is 13.2 Å². The van der Waals surface area contributed by atoms with Gasteiger partial charge in [-0.15, -0.1) is 0 Å². The lowest BCUT2D eigenvalue weighted by Gasteiger charge is -2.14. The molecule has 0 aliphatic carbocycles. The molecule has 0 aliphatic heterocycles. The summed E-state index contributed by atoms with van der Waals surface area (Å²) in [5.74, 6) is -1.06. The summed E-state index contributed by atoms with van der Waals surface area (Å²) in [7, 11) is 0.851. The lowest BCUT2D eigenvalue weighted by atomic mass is 10.1. The maximum absolute atomic E-state index is 12.8. The summed E-state index contributed by atoms with van der Waals surface area (Å²) in [6, 6.07) is 4.38. The second-order valence-corrected chi connectivity index (χ2v) is 4.91. The Kier molecular flexibility index (Phi) is 3.89. The third-order valence-electron chi connectivity index (χ3n) is 3.24. The molecule has 0 spiro atoms. The van der Waals surface area contributed by atoms with Gasteiger partial charge in [0.15, 0.2) is 0 Å². The highest BCUT2D eigenvalue weighted by Crippen LogP contribution is 2.27. The van der Waals surface area contributed by atoms with E-state index in [1.54, 1.807) is 6.92 Å². The highest BCUT2D eigenvalue weighted by Gasteiger charge is 2.35. The van der Waals surface area contributed by atoms with Crippen LogP contribution in [0.1, 0.15) is 16.8 Å². The van der Waals surface area contributed by atoms with Gasteiger partial charge in [0.05, 0.1) is 5.56 Å². The molecule has 0 saturated carbocycles. The summed E-state index contributed by atoms with van der Waals surface area (Å²) in [5, 5.41) is 17.7. The third kappa shape index (κ3) is 2.89. The smallest absolute Gasteiger partial charge is 0.431 e. The summed E-state index contributed by atoms with van der Waals surface area (Å²) in [5.41, 5.74) is -3.51. The molecule has 2 N–H and O–H groups in total. The van der Waals surface area contributed by atoms with Gasteiger partial charge < -0.3 is 5.11 Å².